The number of amides is 1. The Labute approximate surface area is 158 Å². The van der Waals surface area contributed by atoms with Crippen molar-refractivity contribution in [1.82, 2.24) is 9.47 Å². The lowest BCUT2D eigenvalue weighted by Crippen LogP contribution is -2.34. The number of hydrogen-bond donors (Lipinski definition) is 0. The van der Waals surface area contributed by atoms with Gasteiger partial charge in [0, 0.05) is 31.8 Å². The van der Waals surface area contributed by atoms with E-state index in [4.69, 9.17) is 14.2 Å². The maximum absolute atomic E-state index is 12.4. The molecule has 27 heavy (non-hydrogen) atoms. The normalized spacial score (nSPS) is 16.3. The van der Waals surface area contributed by atoms with Gasteiger partial charge in [-0.1, -0.05) is 12.1 Å². The van der Waals surface area contributed by atoms with E-state index in [1.54, 1.807) is 35.8 Å². The summed E-state index contributed by atoms with van der Waals surface area (Å²) in [5.74, 6) is 1.57. The highest BCUT2D eigenvalue weighted by Gasteiger charge is 2.28. The number of carbonyl (C=O) groups is 1. The summed E-state index contributed by atoms with van der Waals surface area (Å²) in [6.45, 7) is 2.87. The summed E-state index contributed by atoms with van der Waals surface area (Å²) in [7, 11) is 3.28. The van der Waals surface area contributed by atoms with E-state index < -0.39 is 0 Å². The van der Waals surface area contributed by atoms with Crippen LogP contribution < -0.4 is 19.8 Å². The van der Waals surface area contributed by atoms with Crippen molar-refractivity contribution in [3.63, 3.8) is 0 Å². The minimum Gasteiger partial charge on any atom is -0.493 e. The molecule has 1 fully saturated rings. The number of benzene rings is 1. The molecule has 144 valence electrons. The molecule has 0 N–H and O–H groups in total. The summed E-state index contributed by atoms with van der Waals surface area (Å²) in [6.07, 6.45) is 0.584. The third-order valence-electron chi connectivity index (χ3n) is 4.70. The fraction of sp³-hybridized carbons (Fsp3) is 0.400. The van der Waals surface area contributed by atoms with Crippen LogP contribution in [0.25, 0.3) is 0 Å². The van der Waals surface area contributed by atoms with E-state index in [0.29, 0.717) is 36.8 Å². The standard InChI is InChI=1S/C20H24N2O5/c1-14-10-16(11-19(23)21(14)2)27-15-8-9-22(12-15)20(24)13-26-18-7-5-4-6-17(18)25-3/h4-7,10-11,15H,8-9,12-13H2,1-3H3. The Kier molecular flexibility index (Phi) is 5.69. The predicted octanol–water partition coefficient (Wildman–Crippen LogP) is 1.76. The molecule has 0 saturated carbocycles. The van der Waals surface area contributed by atoms with Crippen LogP contribution in [0.4, 0.5) is 0 Å². The van der Waals surface area contributed by atoms with Crippen LogP contribution in [-0.4, -0.2) is 48.3 Å². The van der Waals surface area contributed by atoms with Gasteiger partial charge in [-0.25, -0.2) is 0 Å². The van der Waals surface area contributed by atoms with E-state index in [9.17, 15) is 9.59 Å². The molecule has 2 aromatic rings. The molecule has 1 amide bonds. The van der Waals surface area contributed by atoms with Gasteiger partial charge in [0.15, 0.2) is 18.1 Å². The van der Waals surface area contributed by atoms with Gasteiger partial charge < -0.3 is 23.7 Å². The monoisotopic (exact) mass is 372 g/mol. The van der Waals surface area contributed by atoms with Gasteiger partial charge in [-0.05, 0) is 25.1 Å². The number of para-hydroxylation sites is 2. The first kappa shape index (κ1) is 18.8. The minimum absolute atomic E-state index is 0.0575. The molecule has 1 aliphatic rings. The van der Waals surface area contributed by atoms with E-state index in [1.807, 2.05) is 25.1 Å². The molecular weight excluding hydrogens is 348 g/mol. The molecule has 0 radical (unpaired) electrons. The number of methoxy groups -OCH3 is 1. The number of carbonyl (C=O) groups excluding carboxylic acids is 1. The topological polar surface area (TPSA) is 70.0 Å². The third kappa shape index (κ3) is 4.42. The summed E-state index contributed by atoms with van der Waals surface area (Å²) in [4.78, 5) is 26.0. The summed E-state index contributed by atoms with van der Waals surface area (Å²) in [5.41, 5.74) is 0.717. The van der Waals surface area contributed by atoms with Crippen LogP contribution in [0, 0.1) is 6.92 Å². The van der Waals surface area contributed by atoms with Crippen molar-refractivity contribution < 1.29 is 19.0 Å². The van der Waals surface area contributed by atoms with Gasteiger partial charge in [0.05, 0.1) is 13.7 Å². The van der Waals surface area contributed by atoms with E-state index in [1.165, 1.54) is 6.07 Å². The molecule has 1 atom stereocenters. The number of aryl methyl sites for hydroxylation is 1. The lowest BCUT2D eigenvalue weighted by Gasteiger charge is -2.18. The second-order valence-corrected chi connectivity index (χ2v) is 6.54. The Morgan fingerprint density at radius 2 is 1.96 bits per heavy atom. The van der Waals surface area contributed by atoms with Crippen LogP contribution in [0.15, 0.2) is 41.2 Å². The number of rotatable bonds is 6. The number of hydrogen-bond acceptors (Lipinski definition) is 5. The number of ether oxygens (including phenoxy) is 3. The SMILES string of the molecule is COc1ccccc1OCC(=O)N1CCC(Oc2cc(C)n(C)c(=O)c2)C1. The lowest BCUT2D eigenvalue weighted by molar-refractivity contribution is -0.132. The van der Waals surface area contributed by atoms with E-state index in [-0.39, 0.29) is 24.2 Å². The van der Waals surface area contributed by atoms with Crippen molar-refractivity contribution >= 4 is 5.91 Å². The Hall–Kier alpha value is -2.96. The van der Waals surface area contributed by atoms with Crippen LogP contribution >= 0.6 is 0 Å². The highest BCUT2D eigenvalue weighted by Crippen LogP contribution is 2.26. The number of aromatic nitrogens is 1. The van der Waals surface area contributed by atoms with Gasteiger partial charge in [-0.2, -0.15) is 0 Å². The Morgan fingerprint density at radius 1 is 1.22 bits per heavy atom. The predicted molar refractivity (Wildman–Crippen MR) is 101 cm³/mol. The summed E-state index contributed by atoms with van der Waals surface area (Å²) >= 11 is 0. The van der Waals surface area contributed by atoms with Crippen LogP contribution in [0.2, 0.25) is 0 Å². The van der Waals surface area contributed by atoms with Crippen molar-refractivity contribution in [2.24, 2.45) is 7.05 Å². The molecule has 1 unspecified atom stereocenters. The number of pyridine rings is 1. The van der Waals surface area contributed by atoms with Crippen LogP contribution in [0.5, 0.6) is 17.2 Å². The lowest BCUT2D eigenvalue weighted by atomic mass is 10.3. The molecule has 0 spiro atoms. The fourth-order valence-electron chi connectivity index (χ4n) is 3.02. The van der Waals surface area contributed by atoms with Gasteiger partial charge in [-0.15, -0.1) is 0 Å². The molecule has 2 heterocycles. The average molecular weight is 372 g/mol. The van der Waals surface area contributed by atoms with E-state index in [2.05, 4.69) is 0 Å². The quantitative estimate of drug-likeness (QED) is 0.773. The van der Waals surface area contributed by atoms with Gasteiger partial charge in [0.2, 0.25) is 0 Å². The fourth-order valence-corrected chi connectivity index (χ4v) is 3.02. The highest BCUT2D eigenvalue weighted by molar-refractivity contribution is 5.78. The summed E-state index contributed by atoms with van der Waals surface area (Å²) in [6, 6.07) is 10.5. The Bertz CT molecular complexity index is 877. The van der Waals surface area contributed by atoms with Crippen LogP contribution in [-0.2, 0) is 11.8 Å². The second-order valence-electron chi connectivity index (χ2n) is 6.54. The molecular formula is C20H24N2O5. The molecule has 1 aromatic heterocycles. The first-order valence-corrected chi connectivity index (χ1v) is 8.86. The highest BCUT2D eigenvalue weighted by atomic mass is 16.5. The number of nitrogens with zero attached hydrogens (tertiary/aromatic N) is 2. The third-order valence-corrected chi connectivity index (χ3v) is 4.70. The molecule has 1 saturated heterocycles. The maximum Gasteiger partial charge on any atom is 0.260 e. The van der Waals surface area contributed by atoms with Gasteiger partial charge in [0.25, 0.3) is 11.5 Å². The summed E-state index contributed by atoms with van der Waals surface area (Å²) < 4.78 is 18.3. The van der Waals surface area contributed by atoms with Crippen molar-refractivity contribution in [1.29, 1.82) is 0 Å². The first-order valence-electron chi connectivity index (χ1n) is 8.86. The van der Waals surface area contributed by atoms with Gasteiger partial charge in [0.1, 0.15) is 11.9 Å². The molecule has 7 nitrogen and oxygen atoms in total. The van der Waals surface area contributed by atoms with Crippen LogP contribution in [0.1, 0.15) is 12.1 Å². The minimum atomic E-state index is -0.133. The molecule has 3 rings (SSSR count). The zero-order chi connectivity index (χ0) is 19.4. The number of likely N-dealkylation sites (tertiary alicyclic amines) is 1. The van der Waals surface area contributed by atoms with E-state index >= 15 is 0 Å². The largest absolute Gasteiger partial charge is 0.493 e. The molecule has 0 bridgehead atoms. The Morgan fingerprint density at radius 3 is 2.67 bits per heavy atom. The molecule has 7 heteroatoms. The van der Waals surface area contributed by atoms with E-state index in [0.717, 1.165) is 5.69 Å². The van der Waals surface area contributed by atoms with Crippen molar-refractivity contribution in [3.05, 3.63) is 52.4 Å². The molecule has 0 aliphatic carbocycles. The van der Waals surface area contributed by atoms with Crippen LogP contribution in [0.3, 0.4) is 0 Å². The van der Waals surface area contributed by atoms with Crippen molar-refractivity contribution in [2.75, 3.05) is 26.8 Å². The molecule has 1 aliphatic heterocycles. The van der Waals surface area contributed by atoms with Crippen molar-refractivity contribution in [3.8, 4) is 17.2 Å². The zero-order valence-electron chi connectivity index (χ0n) is 15.8. The van der Waals surface area contributed by atoms with Gasteiger partial charge in [-0.3, -0.25) is 9.59 Å². The maximum atomic E-state index is 12.4. The smallest absolute Gasteiger partial charge is 0.260 e. The van der Waals surface area contributed by atoms with Crippen molar-refractivity contribution in [2.45, 2.75) is 19.4 Å². The summed E-state index contributed by atoms with van der Waals surface area (Å²) in [5, 5.41) is 0. The average Bonchev–Trinajstić information content (AvgIpc) is 3.13. The first-order chi connectivity index (χ1) is 13.0. The Balaban J connectivity index is 1.54. The zero-order valence-corrected chi connectivity index (χ0v) is 15.8. The second kappa shape index (κ2) is 8.16. The van der Waals surface area contributed by atoms with Gasteiger partial charge >= 0.3 is 0 Å². The molecule has 1 aromatic carbocycles.